The number of nitrogens with one attached hydrogen (secondary N) is 1. The van der Waals surface area contributed by atoms with Crippen LogP contribution >= 0.6 is 0 Å². The molecule has 0 saturated carbocycles. The summed E-state index contributed by atoms with van der Waals surface area (Å²) in [6.45, 7) is 0. The van der Waals surface area contributed by atoms with Gasteiger partial charge in [0.1, 0.15) is 5.76 Å². The second-order valence-electron chi connectivity index (χ2n) is 4.38. The van der Waals surface area contributed by atoms with Crippen LogP contribution in [0.3, 0.4) is 0 Å². The number of ketones is 1. The molecule has 0 unspecified atom stereocenters. The first kappa shape index (κ1) is 13.7. The Kier molecular flexibility index (Phi) is 3.73. The number of aromatic amines is 1. The highest BCUT2D eigenvalue weighted by Crippen LogP contribution is 2.17. The average molecular weight is 297 g/mol. The Morgan fingerprint density at radius 2 is 2.27 bits per heavy atom. The standard InChI is InChI=1S/C14H11N5O3/c20-11(8-12(21)14-16-18-19-17-14)10-4-6-22-13(10)7-9-3-1-2-5-15-9/h1-6,8,21H,7H2,(H,16,17,18,19). The van der Waals surface area contributed by atoms with Crippen LogP contribution in [0.1, 0.15) is 27.6 Å². The number of pyridine rings is 1. The predicted octanol–water partition coefficient (Wildman–Crippen LogP) is 1.56. The van der Waals surface area contributed by atoms with E-state index < -0.39 is 5.78 Å². The Hall–Kier alpha value is -3.29. The Morgan fingerprint density at radius 3 is 3.00 bits per heavy atom. The first-order chi connectivity index (χ1) is 10.7. The SMILES string of the molecule is O=C(C=C(O)c1nn[nH]n1)c1ccoc1Cc1ccccn1. The van der Waals surface area contributed by atoms with E-state index in [-0.39, 0.29) is 11.6 Å². The topological polar surface area (TPSA) is 118 Å². The van der Waals surface area contributed by atoms with Crippen LogP contribution in [0.25, 0.3) is 5.76 Å². The Balaban J connectivity index is 1.82. The number of aliphatic hydroxyl groups is 1. The second kappa shape index (κ2) is 6.00. The Morgan fingerprint density at radius 1 is 1.36 bits per heavy atom. The number of aromatic nitrogens is 5. The minimum Gasteiger partial charge on any atom is -0.504 e. The van der Waals surface area contributed by atoms with Gasteiger partial charge in [-0.25, -0.2) is 0 Å². The molecule has 0 bridgehead atoms. The minimum atomic E-state index is -0.415. The summed E-state index contributed by atoms with van der Waals surface area (Å²) < 4.78 is 5.34. The maximum absolute atomic E-state index is 12.2. The molecule has 2 N–H and O–H groups in total. The lowest BCUT2D eigenvalue weighted by Gasteiger charge is -2.00. The van der Waals surface area contributed by atoms with Crippen LogP contribution in [0.2, 0.25) is 0 Å². The number of carbonyl (C=O) groups excluding carboxylic acids is 1. The van der Waals surface area contributed by atoms with Crippen molar-refractivity contribution in [3.63, 3.8) is 0 Å². The summed E-state index contributed by atoms with van der Waals surface area (Å²) in [4.78, 5) is 16.4. The maximum atomic E-state index is 12.2. The molecule has 0 aliphatic carbocycles. The third kappa shape index (κ3) is 2.90. The Labute approximate surface area is 124 Å². The largest absolute Gasteiger partial charge is 0.504 e. The molecule has 3 rings (SSSR count). The number of hydrogen-bond donors (Lipinski definition) is 2. The van der Waals surface area contributed by atoms with Crippen LogP contribution < -0.4 is 0 Å². The summed E-state index contributed by atoms with van der Waals surface area (Å²) in [6.07, 6.45) is 4.50. The second-order valence-corrected chi connectivity index (χ2v) is 4.38. The van der Waals surface area contributed by atoms with E-state index in [4.69, 9.17) is 4.42 Å². The first-order valence-corrected chi connectivity index (χ1v) is 6.39. The monoisotopic (exact) mass is 297 g/mol. The molecule has 0 atom stereocenters. The third-order valence-electron chi connectivity index (χ3n) is 2.92. The highest BCUT2D eigenvalue weighted by molar-refractivity contribution is 6.08. The maximum Gasteiger partial charge on any atom is 0.239 e. The molecule has 0 amide bonds. The molecule has 3 aromatic rings. The fourth-order valence-corrected chi connectivity index (χ4v) is 1.90. The summed E-state index contributed by atoms with van der Waals surface area (Å²) in [6, 6.07) is 7.04. The van der Waals surface area contributed by atoms with Crippen LogP contribution in [0.4, 0.5) is 0 Å². The molecular weight excluding hydrogens is 286 g/mol. The summed E-state index contributed by atoms with van der Waals surface area (Å²) in [5.74, 6) is -0.366. The molecule has 3 aromatic heterocycles. The number of tetrazole rings is 1. The summed E-state index contributed by atoms with van der Waals surface area (Å²) in [5.41, 5.74) is 1.12. The number of furan rings is 1. The van der Waals surface area contributed by atoms with E-state index >= 15 is 0 Å². The van der Waals surface area contributed by atoms with Gasteiger partial charge in [0.05, 0.1) is 11.8 Å². The number of allylic oxidation sites excluding steroid dienone is 1. The minimum absolute atomic E-state index is 0.0527. The Bertz CT molecular complexity index is 793. The van der Waals surface area contributed by atoms with Gasteiger partial charge in [-0.3, -0.25) is 9.78 Å². The van der Waals surface area contributed by atoms with Crippen molar-refractivity contribution in [3.05, 3.63) is 65.6 Å². The normalized spacial score (nSPS) is 11.5. The van der Waals surface area contributed by atoms with Crippen molar-refractivity contribution in [2.45, 2.75) is 6.42 Å². The van der Waals surface area contributed by atoms with Gasteiger partial charge in [0.15, 0.2) is 11.5 Å². The van der Waals surface area contributed by atoms with Crippen LogP contribution in [-0.4, -0.2) is 36.5 Å². The van der Waals surface area contributed by atoms with Gasteiger partial charge in [0.25, 0.3) is 0 Å². The molecule has 0 fully saturated rings. The fraction of sp³-hybridized carbons (Fsp3) is 0.0714. The molecule has 22 heavy (non-hydrogen) atoms. The summed E-state index contributed by atoms with van der Waals surface area (Å²) >= 11 is 0. The molecule has 0 radical (unpaired) electrons. The van der Waals surface area contributed by atoms with Crippen LogP contribution in [0, 0.1) is 0 Å². The number of rotatable bonds is 5. The molecule has 0 aliphatic heterocycles. The molecule has 8 nitrogen and oxygen atoms in total. The van der Waals surface area contributed by atoms with E-state index in [9.17, 15) is 9.90 Å². The number of H-pyrrole nitrogens is 1. The number of hydrogen-bond acceptors (Lipinski definition) is 7. The molecule has 0 spiro atoms. The number of aliphatic hydroxyl groups excluding tert-OH is 1. The number of carbonyl (C=O) groups is 1. The van der Waals surface area contributed by atoms with Gasteiger partial charge < -0.3 is 9.52 Å². The average Bonchev–Trinajstić information content (AvgIpc) is 3.19. The van der Waals surface area contributed by atoms with Crippen molar-refractivity contribution in [2.24, 2.45) is 0 Å². The first-order valence-electron chi connectivity index (χ1n) is 6.39. The summed E-state index contributed by atoms with van der Waals surface area (Å²) in [7, 11) is 0. The molecular formula is C14H11N5O3. The van der Waals surface area contributed by atoms with E-state index in [0.29, 0.717) is 17.7 Å². The lowest BCUT2D eigenvalue weighted by Crippen LogP contribution is -2.01. The van der Waals surface area contributed by atoms with Gasteiger partial charge in [-0.05, 0) is 23.4 Å². The zero-order valence-corrected chi connectivity index (χ0v) is 11.3. The van der Waals surface area contributed by atoms with Gasteiger partial charge in [0, 0.05) is 24.4 Å². The highest BCUT2D eigenvalue weighted by atomic mass is 16.3. The van der Waals surface area contributed by atoms with Crippen molar-refractivity contribution in [1.29, 1.82) is 0 Å². The molecule has 8 heteroatoms. The van der Waals surface area contributed by atoms with E-state index in [2.05, 4.69) is 25.6 Å². The molecule has 110 valence electrons. The summed E-state index contributed by atoms with van der Waals surface area (Å²) in [5, 5.41) is 22.5. The van der Waals surface area contributed by atoms with E-state index in [1.165, 1.54) is 6.26 Å². The van der Waals surface area contributed by atoms with Gasteiger partial charge in [-0.15, -0.1) is 10.2 Å². The van der Waals surface area contributed by atoms with Crippen LogP contribution in [0.5, 0.6) is 0 Å². The van der Waals surface area contributed by atoms with Crippen molar-refractivity contribution < 1.29 is 14.3 Å². The third-order valence-corrected chi connectivity index (χ3v) is 2.92. The quantitative estimate of drug-likeness (QED) is 0.417. The van der Waals surface area contributed by atoms with Crippen molar-refractivity contribution in [1.82, 2.24) is 25.6 Å². The van der Waals surface area contributed by atoms with Crippen molar-refractivity contribution >= 4 is 11.5 Å². The molecule has 3 heterocycles. The van der Waals surface area contributed by atoms with Gasteiger partial charge >= 0.3 is 0 Å². The van der Waals surface area contributed by atoms with E-state index in [1.807, 2.05) is 18.2 Å². The van der Waals surface area contributed by atoms with Crippen molar-refractivity contribution in [3.8, 4) is 0 Å². The molecule has 0 aromatic carbocycles. The van der Waals surface area contributed by atoms with Crippen LogP contribution in [0.15, 0.2) is 47.2 Å². The lowest BCUT2D eigenvalue weighted by atomic mass is 10.1. The van der Waals surface area contributed by atoms with E-state index in [0.717, 1.165) is 11.8 Å². The smallest absolute Gasteiger partial charge is 0.239 e. The predicted molar refractivity (Wildman–Crippen MR) is 74.9 cm³/mol. The van der Waals surface area contributed by atoms with Crippen LogP contribution in [-0.2, 0) is 6.42 Å². The molecule has 0 aliphatic rings. The zero-order valence-electron chi connectivity index (χ0n) is 11.3. The zero-order chi connectivity index (χ0) is 15.4. The lowest BCUT2D eigenvalue weighted by molar-refractivity contribution is 0.104. The highest BCUT2D eigenvalue weighted by Gasteiger charge is 2.16. The fourth-order valence-electron chi connectivity index (χ4n) is 1.90. The van der Waals surface area contributed by atoms with E-state index in [1.54, 1.807) is 12.3 Å². The van der Waals surface area contributed by atoms with Crippen molar-refractivity contribution in [2.75, 3.05) is 0 Å². The molecule has 0 saturated heterocycles. The van der Waals surface area contributed by atoms with Gasteiger partial charge in [0.2, 0.25) is 5.82 Å². The van der Waals surface area contributed by atoms with Gasteiger partial charge in [-0.1, -0.05) is 6.07 Å². The van der Waals surface area contributed by atoms with Gasteiger partial charge in [-0.2, -0.15) is 5.21 Å². The number of nitrogens with zero attached hydrogens (tertiary/aromatic N) is 4.